The summed E-state index contributed by atoms with van der Waals surface area (Å²) < 4.78 is 8.70. The minimum atomic E-state index is -1.05. The third kappa shape index (κ3) is 4.46. The van der Waals surface area contributed by atoms with E-state index < -0.39 is 24.5 Å². The molecule has 3 N–H and O–H groups in total. The summed E-state index contributed by atoms with van der Waals surface area (Å²) in [7, 11) is 2.08. The third-order valence-corrected chi connectivity index (χ3v) is 9.58. The van der Waals surface area contributed by atoms with Crippen molar-refractivity contribution in [1.82, 2.24) is 34.4 Å². The van der Waals surface area contributed by atoms with Crippen molar-refractivity contribution in [2.75, 3.05) is 13.6 Å². The fourth-order valence-corrected chi connectivity index (χ4v) is 6.67. The molecule has 38 heavy (non-hydrogen) atoms. The van der Waals surface area contributed by atoms with Crippen molar-refractivity contribution >= 4 is 43.5 Å². The first-order chi connectivity index (χ1) is 18.4. The summed E-state index contributed by atoms with van der Waals surface area (Å²) in [6.07, 6.45) is 6.83. The van der Waals surface area contributed by atoms with E-state index in [0.29, 0.717) is 29.7 Å². The molecule has 3 fully saturated rings. The average Bonchev–Trinajstić information content (AvgIpc) is 3.42. The van der Waals surface area contributed by atoms with Crippen molar-refractivity contribution in [1.29, 1.82) is 0 Å². The van der Waals surface area contributed by atoms with E-state index in [-0.39, 0.29) is 0 Å². The van der Waals surface area contributed by atoms with Gasteiger partial charge in [0.05, 0.1) is 11.0 Å². The number of H-pyrrole nitrogens is 1. The summed E-state index contributed by atoms with van der Waals surface area (Å²) in [5.74, 6) is 2.51. The summed E-state index contributed by atoms with van der Waals surface area (Å²) in [6.45, 7) is 0.558. The summed E-state index contributed by atoms with van der Waals surface area (Å²) >= 11 is 1.37. The van der Waals surface area contributed by atoms with Crippen molar-refractivity contribution in [3.63, 3.8) is 0 Å². The molecule has 3 aliphatic rings. The van der Waals surface area contributed by atoms with Crippen LogP contribution in [0.4, 0.5) is 0 Å². The molecule has 3 aromatic heterocycles. The molecule has 2 saturated carbocycles. The molecule has 5 atom stereocenters. The molecule has 11 heteroatoms. The number of imidazole rings is 2. The maximum atomic E-state index is 10.8. The van der Waals surface area contributed by atoms with Crippen LogP contribution in [0, 0.1) is 5.92 Å². The van der Waals surface area contributed by atoms with E-state index in [1.165, 1.54) is 41.6 Å². The van der Waals surface area contributed by atoms with Gasteiger partial charge in [-0.05, 0) is 42.9 Å². The monoisotopic (exact) mass is 579 g/mol. The molecule has 1 saturated heterocycles. The van der Waals surface area contributed by atoms with E-state index in [1.54, 1.807) is 10.9 Å². The number of nitrogens with zero attached hydrogens (tertiary/aromatic N) is 6. The number of ether oxygens (including phenoxy) is 1. The Labute approximate surface area is 229 Å². The van der Waals surface area contributed by atoms with Crippen LogP contribution in [0.15, 0.2) is 30.9 Å². The van der Waals surface area contributed by atoms with Crippen LogP contribution in [0.2, 0.25) is 0 Å². The molecule has 0 spiro atoms. The Morgan fingerprint density at radius 3 is 2.82 bits per heavy atom. The van der Waals surface area contributed by atoms with Gasteiger partial charge in [-0.25, -0.2) is 4.98 Å². The minimum absolute atomic E-state index is 0.454. The molecule has 10 nitrogen and oxygen atoms in total. The van der Waals surface area contributed by atoms with E-state index in [0.717, 1.165) is 52.9 Å². The van der Waals surface area contributed by atoms with E-state index in [1.807, 2.05) is 0 Å². The van der Waals surface area contributed by atoms with Gasteiger partial charge in [0, 0.05) is 6.42 Å². The molecule has 0 radical (unpaired) electrons. The van der Waals surface area contributed by atoms with Crippen molar-refractivity contribution in [3.8, 4) is 0 Å². The van der Waals surface area contributed by atoms with Crippen LogP contribution in [-0.2, 0) is 11.2 Å². The number of hydrogen-bond acceptors (Lipinski definition) is 8. The summed E-state index contributed by atoms with van der Waals surface area (Å²) in [6, 6.07) is 7.14. The van der Waals surface area contributed by atoms with Gasteiger partial charge in [0.2, 0.25) is 0 Å². The number of aliphatic hydroxyl groups is 2. The second-order valence-electron chi connectivity index (χ2n) is 11.3. The fourth-order valence-electron chi connectivity index (χ4n) is 6.10. The van der Waals surface area contributed by atoms with Gasteiger partial charge < -0.3 is 4.98 Å². The zero-order valence-corrected chi connectivity index (χ0v) is 23.9. The van der Waals surface area contributed by atoms with Gasteiger partial charge in [-0.2, -0.15) is 0 Å². The zero-order chi connectivity index (χ0) is 26.0. The summed E-state index contributed by atoms with van der Waals surface area (Å²) in [4.78, 5) is 23.5. The normalized spacial score (nSPS) is 29.5. The molecule has 4 heterocycles. The second kappa shape index (κ2) is 9.68. The molecule has 2 aliphatic carbocycles. The van der Waals surface area contributed by atoms with Gasteiger partial charge in [-0.15, -0.1) is 0 Å². The molecular weight excluding hydrogens is 545 g/mol. The van der Waals surface area contributed by atoms with Gasteiger partial charge in [-0.1, -0.05) is 6.07 Å². The molecule has 200 valence electrons. The molecule has 4 aromatic rings. The number of hydrogen-bond donors (Lipinski definition) is 3. The van der Waals surface area contributed by atoms with Crippen LogP contribution in [0.1, 0.15) is 55.6 Å². The number of nitrogens with one attached hydrogen (secondary N) is 1. The first-order valence-corrected chi connectivity index (χ1v) is 14.8. The van der Waals surface area contributed by atoms with Gasteiger partial charge in [0.1, 0.15) is 5.82 Å². The number of aryl methyl sites for hydroxylation is 1. The van der Waals surface area contributed by atoms with Gasteiger partial charge in [0.25, 0.3) is 0 Å². The zero-order valence-electron chi connectivity index (χ0n) is 21.4. The first kappa shape index (κ1) is 24.7. The number of rotatable bonds is 8. The molecule has 0 amide bonds. The van der Waals surface area contributed by atoms with Gasteiger partial charge in [0.15, 0.2) is 0 Å². The fraction of sp³-hybridized carbons (Fsp3) is 0.556. The van der Waals surface area contributed by atoms with Gasteiger partial charge in [-0.3, -0.25) is 0 Å². The predicted octanol–water partition coefficient (Wildman–Crippen LogP) is 0.801. The molecule has 1 aromatic carbocycles. The quantitative estimate of drug-likeness (QED) is 0.262. The Balaban J connectivity index is 0.920. The Kier molecular flexibility index (Phi) is 6.28. The number of benzene rings is 1. The van der Waals surface area contributed by atoms with Crippen molar-refractivity contribution in [2.24, 2.45) is 5.92 Å². The Hall–Kier alpha value is -2.36. The topological polar surface area (TPSA) is 125 Å². The predicted molar refractivity (Wildman–Crippen MR) is 145 cm³/mol. The standard InChI is InChI=1S/C27H34AsN7O3/c1-34(11-20-23(36)24(37)27(38-20)35-13-31-22-25(28)29-12-30-26(22)35)17-8-14(9-17)2-7-21-32-18-6-5-16(15-3-4-15)10-19(18)33-21/h5-6,10,12-15,17,20,23-24,27,36-37H,2-4,7-9,11,28H2,1H3,(H,32,33)/t14-,17-,20-,23-,24-,27-/m1/s1. The third-order valence-electron chi connectivity index (χ3n) is 8.69. The van der Waals surface area contributed by atoms with E-state index >= 15 is 0 Å². The Morgan fingerprint density at radius 2 is 2.00 bits per heavy atom. The van der Waals surface area contributed by atoms with Crippen LogP contribution in [0.5, 0.6) is 0 Å². The number of aliphatic hydroxyl groups excluding tert-OH is 2. The molecule has 7 rings (SSSR count). The number of aromatic amines is 1. The molecule has 1 aliphatic heterocycles. The van der Waals surface area contributed by atoms with Crippen LogP contribution in [0.3, 0.4) is 0 Å². The molecular formula is C27H34AsN7O3. The van der Waals surface area contributed by atoms with E-state index in [2.05, 4.69) is 50.1 Å². The number of aromatic nitrogens is 6. The van der Waals surface area contributed by atoms with E-state index in [4.69, 9.17) is 9.72 Å². The molecule has 0 bridgehead atoms. The van der Waals surface area contributed by atoms with Crippen LogP contribution in [-0.4, -0.2) is 99.4 Å². The first-order valence-electron chi connectivity index (χ1n) is 13.6. The maximum absolute atomic E-state index is 10.8. The van der Waals surface area contributed by atoms with Gasteiger partial charge >= 0.3 is 147 Å². The van der Waals surface area contributed by atoms with Crippen molar-refractivity contribution in [2.45, 2.75) is 75.0 Å². The van der Waals surface area contributed by atoms with E-state index in [9.17, 15) is 10.2 Å². The number of likely N-dealkylation sites (N-methyl/N-ethyl adjacent to an activating group) is 1. The second-order valence-corrected chi connectivity index (χ2v) is 12.5. The van der Waals surface area contributed by atoms with Crippen LogP contribution < -0.4 is 4.48 Å². The van der Waals surface area contributed by atoms with Crippen LogP contribution >= 0.6 is 0 Å². The van der Waals surface area contributed by atoms with Crippen molar-refractivity contribution in [3.05, 3.63) is 42.2 Å². The summed E-state index contributed by atoms with van der Waals surface area (Å²) in [5.41, 5.74) is 4.97. The summed E-state index contributed by atoms with van der Waals surface area (Å²) in [5, 5.41) is 21.6. The Bertz CT molecular complexity index is 1460. The number of fused-ring (bicyclic) bond motifs is 2. The SMILES string of the molecule is CN(C[C@H]1O[C@@H](n2cnc3c([AsH2])ncnc32)[C@H](O)[C@@H]1O)[C@H]1C[C@H](CCc2nc3cc(C4CC4)ccc3[nH]2)C1. The van der Waals surface area contributed by atoms with Crippen molar-refractivity contribution < 1.29 is 14.9 Å². The van der Waals surface area contributed by atoms with Crippen LogP contribution in [0.25, 0.3) is 22.2 Å². The molecule has 1 unspecified atom stereocenters. The Morgan fingerprint density at radius 1 is 1.16 bits per heavy atom. The average molecular weight is 580 g/mol.